The molecule has 0 bridgehead atoms. The fraction of sp³-hybridized carbons (Fsp3) is 0.292. The van der Waals surface area contributed by atoms with Crippen LogP contribution in [0.15, 0.2) is 53.5 Å². The van der Waals surface area contributed by atoms with E-state index in [2.05, 4.69) is 34.6 Å². The van der Waals surface area contributed by atoms with Crippen molar-refractivity contribution in [1.82, 2.24) is 15.1 Å². The molecule has 2 N–H and O–H groups in total. The average Bonchev–Trinajstić information content (AvgIpc) is 3.03. The first-order valence-electron chi connectivity index (χ1n) is 10.4. The number of anilines is 1. The molecule has 31 heavy (non-hydrogen) atoms. The van der Waals surface area contributed by atoms with Crippen LogP contribution in [0.4, 0.5) is 5.69 Å². The first kappa shape index (κ1) is 22.6. The molecule has 0 atom stereocenters. The van der Waals surface area contributed by atoms with Crippen LogP contribution in [0.5, 0.6) is 0 Å². The normalized spacial score (nSPS) is 11.5. The van der Waals surface area contributed by atoms with Crippen LogP contribution in [0.2, 0.25) is 5.02 Å². The number of aliphatic imine (C=N–C) groups is 1. The maximum atomic E-state index is 12.8. The van der Waals surface area contributed by atoms with Crippen molar-refractivity contribution in [2.45, 2.75) is 40.7 Å². The van der Waals surface area contributed by atoms with E-state index in [1.54, 1.807) is 24.3 Å². The van der Waals surface area contributed by atoms with Gasteiger partial charge in [-0.1, -0.05) is 41.9 Å². The summed E-state index contributed by atoms with van der Waals surface area (Å²) < 4.78 is 2.00. The maximum absolute atomic E-state index is 12.8. The second-order valence-corrected chi connectivity index (χ2v) is 7.73. The summed E-state index contributed by atoms with van der Waals surface area (Å²) in [6.45, 7) is 9.52. The lowest BCUT2D eigenvalue weighted by Gasteiger charge is -2.14. The summed E-state index contributed by atoms with van der Waals surface area (Å²) in [5.41, 5.74) is 5.70. The predicted octanol–water partition coefficient (Wildman–Crippen LogP) is 4.92. The molecule has 0 aliphatic heterocycles. The third-order valence-corrected chi connectivity index (χ3v) is 5.54. The van der Waals surface area contributed by atoms with Gasteiger partial charge in [-0.05, 0) is 63.4 Å². The Kier molecular flexibility index (Phi) is 7.47. The molecule has 2 aromatic carbocycles. The summed E-state index contributed by atoms with van der Waals surface area (Å²) in [5, 5.41) is 11.1. The van der Waals surface area contributed by atoms with Gasteiger partial charge in [0.25, 0.3) is 5.91 Å². The van der Waals surface area contributed by atoms with Crippen molar-refractivity contribution in [3.63, 3.8) is 0 Å². The number of carbonyl (C=O) groups excluding carboxylic acids is 1. The van der Waals surface area contributed by atoms with Gasteiger partial charge in [-0.2, -0.15) is 5.10 Å². The van der Waals surface area contributed by atoms with Gasteiger partial charge in [0, 0.05) is 24.5 Å². The van der Waals surface area contributed by atoms with Gasteiger partial charge in [-0.3, -0.25) is 19.8 Å². The average molecular weight is 438 g/mol. The lowest BCUT2D eigenvalue weighted by Crippen LogP contribution is -2.36. The van der Waals surface area contributed by atoms with Gasteiger partial charge in [0.15, 0.2) is 0 Å². The third kappa shape index (κ3) is 5.52. The number of para-hydroxylation sites is 1. The molecule has 3 aromatic rings. The number of halogens is 1. The Balaban J connectivity index is 1.81. The number of nitrogens with one attached hydrogen (secondary N) is 2. The maximum Gasteiger partial charge on any atom is 0.259 e. The molecule has 0 saturated carbocycles. The number of hydrogen-bond acceptors (Lipinski definition) is 3. The van der Waals surface area contributed by atoms with Gasteiger partial charge in [0.2, 0.25) is 5.96 Å². The van der Waals surface area contributed by atoms with Crippen molar-refractivity contribution in [3.8, 4) is 0 Å². The SMILES string of the molecule is CCn1nc(C)c(CCN=C(NC(=O)c2ccccc2Cl)Nc2ccccc2C)c1C. The molecule has 0 radical (unpaired) electrons. The van der Waals surface area contributed by atoms with E-state index in [4.69, 9.17) is 11.6 Å². The molecule has 3 rings (SSSR count). The number of guanidine groups is 1. The minimum absolute atomic E-state index is 0.309. The fourth-order valence-corrected chi connectivity index (χ4v) is 3.68. The molecule has 0 aliphatic carbocycles. The Morgan fingerprint density at radius 1 is 1.10 bits per heavy atom. The van der Waals surface area contributed by atoms with Crippen LogP contribution in [-0.2, 0) is 13.0 Å². The highest BCUT2D eigenvalue weighted by Gasteiger charge is 2.14. The van der Waals surface area contributed by atoms with Crippen LogP contribution in [0.1, 0.15) is 39.8 Å². The number of aryl methyl sites for hydroxylation is 3. The minimum atomic E-state index is -0.309. The van der Waals surface area contributed by atoms with Crippen molar-refractivity contribution in [3.05, 3.63) is 81.6 Å². The number of carbonyl (C=O) groups is 1. The number of aromatic nitrogens is 2. The summed E-state index contributed by atoms with van der Waals surface area (Å²) in [6.07, 6.45) is 0.735. The summed E-state index contributed by atoms with van der Waals surface area (Å²) in [5.74, 6) is 0.0778. The van der Waals surface area contributed by atoms with Crippen molar-refractivity contribution in [1.29, 1.82) is 0 Å². The van der Waals surface area contributed by atoms with Crippen molar-refractivity contribution < 1.29 is 4.79 Å². The van der Waals surface area contributed by atoms with E-state index in [0.717, 1.165) is 35.6 Å². The van der Waals surface area contributed by atoms with Crippen LogP contribution in [0.3, 0.4) is 0 Å². The first-order valence-corrected chi connectivity index (χ1v) is 10.7. The molecule has 0 saturated heterocycles. The molecule has 162 valence electrons. The lowest BCUT2D eigenvalue weighted by molar-refractivity contribution is 0.0977. The molecule has 6 nitrogen and oxygen atoms in total. The number of rotatable bonds is 6. The Hall–Kier alpha value is -3.12. The van der Waals surface area contributed by atoms with E-state index in [9.17, 15) is 4.79 Å². The molecular formula is C24H28ClN5O. The summed E-state index contributed by atoms with van der Waals surface area (Å²) in [6, 6.07) is 14.8. The van der Waals surface area contributed by atoms with Gasteiger partial charge in [-0.15, -0.1) is 0 Å². The molecule has 0 fully saturated rings. The highest BCUT2D eigenvalue weighted by Crippen LogP contribution is 2.17. The second-order valence-electron chi connectivity index (χ2n) is 7.32. The number of amides is 1. The standard InChI is InChI=1S/C24H28ClN5O/c1-5-30-18(4)19(17(3)29-30)14-15-26-24(27-22-13-9-6-10-16(22)2)28-23(31)20-11-7-8-12-21(20)25/h6-13H,5,14-15H2,1-4H3,(H2,26,27,28,31). The molecule has 7 heteroatoms. The van der Waals surface area contributed by atoms with Crippen LogP contribution >= 0.6 is 11.6 Å². The summed E-state index contributed by atoms with van der Waals surface area (Å²) in [7, 11) is 0. The van der Waals surface area contributed by atoms with Crippen LogP contribution < -0.4 is 10.6 Å². The lowest BCUT2D eigenvalue weighted by atomic mass is 10.1. The van der Waals surface area contributed by atoms with Gasteiger partial charge < -0.3 is 5.32 Å². The van der Waals surface area contributed by atoms with E-state index in [-0.39, 0.29) is 5.91 Å². The van der Waals surface area contributed by atoms with E-state index in [1.165, 1.54) is 5.56 Å². The monoisotopic (exact) mass is 437 g/mol. The van der Waals surface area contributed by atoms with Gasteiger partial charge in [0.1, 0.15) is 0 Å². The molecule has 1 aromatic heterocycles. The number of nitrogens with zero attached hydrogens (tertiary/aromatic N) is 3. The van der Waals surface area contributed by atoms with Gasteiger partial charge in [0.05, 0.1) is 16.3 Å². The van der Waals surface area contributed by atoms with E-state index >= 15 is 0 Å². The molecular weight excluding hydrogens is 410 g/mol. The Morgan fingerprint density at radius 3 is 2.48 bits per heavy atom. The minimum Gasteiger partial charge on any atom is -0.326 e. The summed E-state index contributed by atoms with van der Waals surface area (Å²) in [4.78, 5) is 17.5. The summed E-state index contributed by atoms with van der Waals surface area (Å²) >= 11 is 6.19. The largest absolute Gasteiger partial charge is 0.326 e. The van der Waals surface area contributed by atoms with Crippen molar-refractivity contribution >= 4 is 29.2 Å². The molecule has 0 aliphatic rings. The zero-order valence-corrected chi connectivity index (χ0v) is 19.1. The van der Waals surface area contributed by atoms with Gasteiger partial charge in [-0.25, -0.2) is 0 Å². The van der Waals surface area contributed by atoms with E-state index < -0.39 is 0 Å². The van der Waals surface area contributed by atoms with E-state index in [1.807, 2.05) is 42.8 Å². The quantitative estimate of drug-likeness (QED) is 0.424. The Labute approximate surface area is 188 Å². The zero-order valence-electron chi connectivity index (χ0n) is 18.4. The van der Waals surface area contributed by atoms with Crippen LogP contribution in [0.25, 0.3) is 0 Å². The Bertz CT molecular complexity index is 1100. The predicted molar refractivity (Wildman–Crippen MR) is 127 cm³/mol. The highest BCUT2D eigenvalue weighted by molar-refractivity contribution is 6.34. The van der Waals surface area contributed by atoms with Crippen LogP contribution in [-0.4, -0.2) is 28.2 Å². The highest BCUT2D eigenvalue weighted by atomic mass is 35.5. The van der Waals surface area contributed by atoms with Crippen molar-refractivity contribution in [2.75, 3.05) is 11.9 Å². The van der Waals surface area contributed by atoms with Gasteiger partial charge >= 0.3 is 0 Å². The molecule has 1 heterocycles. The van der Waals surface area contributed by atoms with E-state index in [0.29, 0.717) is 23.1 Å². The smallest absolute Gasteiger partial charge is 0.259 e. The number of hydrogen-bond donors (Lipinski definition) is 2. The molecule has 0 spiro atoms. The van der Waals surface area contributed by atoms with Crippen LogP contribution in [0, 0.1) is 20.8 Å². The molecule has 1 amide bonds. The van der Waals surface area contributed by atoms with Crippen molar-refractivity contribution in [2.24, 2.45) is 4.99 Å². The first-order chi connectivity index (χ1) is 14.9. The fourth-order valence-electron chi connectivity index (χ4n) is 3.45. The number of benzene rings is 2. The topological polar surface area (TPSA) is 71.3 Å². The third-order valence-electron chi connectivity index (χ3n) is 5.21. The molecule has 0 unspecified atom stereocenters. The second kappa shape index (κ2) is 10.3. The zero-order chi connectivity index (χ0) is 22.4. The Morgan fingerprint density at radius 2 is 1.81 bits per heavy atom.